The van der Waals surface area contributed by atoms with Crippen molar-refractivity contribution in [3.05, 3.63) is 43.5 Å². The summed E-state index contributed by atoms with van der Waals surface area (Å²) in [6, 6.07) is 2.36. The second-order valence-electron chi connectivity index (χ2n) is 19.5. The second-order valence-corrected chi connectivity index (χ2v) is 29.0. The topological polar surface area (TPSA) is 226 Å². The molecule has 324 valence electrons. The van der Waals surface area contributed by atoms with E-state index in [4.69, 9.17) is 23.2 Å². The van der Waals surface area contributed by atoms with Gasteiger partial charge in [0.05, 0.1) is 24.4 Å². The van der Waals surface area contributed by atoms with E-state index in [-0.39, 0.29) is 42.0 Å². The molecule has 3 saturated heterocycles. The van der Waals surface area contributed by atoms with Crippen LogP contribution in [-0.4, -0.2) is 116 Å². The minimum absolute atomic E-state index is 0.00621. The number of amides is 2. The predicted octanol–water partition coefficient (Wildman–Crippen LogP) is 5.56. The summed E-state index contributed by atoms with van der Waals surface area (Å²) in [6.45, 7) is 27.2. The number of hydroxylamine groups is 2. The van der Waals surface area contributed by atoms with Crippen molar-refractivity contribution in [1.29, 1.82) is 5.26 Å². The van der Waals surface area contributed by atoms with Crippen LogP contribution in [-0.2, 0) is 28.0 Å². The molecular weight excluding hydrogens is 783 g/mol. The van der Waals surface area contributed by atoms with Crippen LogP contribution < -0.4 is 16.6 Å². The first-order valence-electron chi connectivity index (χ1n) is 20.1. The lowest BCUT2D eigenvalue weighted by Gasteiger charge is -2.45. The molecule has 2 N–H and O–H groups in total. The van der Waals surface area contributed by atoms with Crippen LogP contribution in [0.4, 0.5) is 4.79 Å². The summed E-state index contributed by atoms with van der Waals surface area (Å²) in [5, 5.41) is 17.4. The van der Waals surface area contributed by atoms with Crippen LogP contribution in [0.2, 0.25) is 36.3 Å². The summed E-state index contributed by atoms with van der Waals surface area (Å²) in [5.74, 6) is -1.11. The number of nitrogens with zero attached hydrogens (tertiary/aromatic N) is 7. The number of aromatic amines is 1. The highest BCUT2D eigenvalue weighted by Crippen LogP contribution is 2.49. The van der Waals surface area contributed by atoms with Gasteiger partial charge in [-0.1, -0.05) is 46.7 Å². The summed E-state index contributed by atoms with van der Waals surface area (Å²) < 4.78 is 28.2. The van der Waals surface area contributed by atoms with Crippen molar-refractivity contribution in [3.63, 3.8) is 0 Å². The minimum atomic E-state index is -2.66. The molecule has 2 amide bonds. The van der Waals surface area contributed by atoms with Crippen molar-refractivity contribution in [2.24, 2.45) is 11.0 Å². The number of likely N-dealkylation sites (tertiary alicyclic amines) is 1. The third-order valence-corrected chi connectivity index (χ3v) is 21.1. The van der Waals surface area contributed by atoms with Gasteiger partial charge in [-0.3, -0.25) is 24.0 Å². The highest BCUT2D eigenvalue weighted by atomic mass is 28.4. The average molecular weight is 848 g/mol. The molecule has 1 aromatic heterocycles. The summed E-state index contributed by atoms with van der Waals surface area (Å²) in [4.78, 5) is 66.9. The number of H-pyrrole nitrogens is 1. The van der Waals surface area contributed by atoms with Crippen molar-refractivity contribution in [2.45, 2.75) is 166 Å². The van der Waals surface area contributed by atoms with Gasteiger partial charge in [0.1, 0.15) is 30.0 Å². The van der Waals surface area contributed by atoms with Crippen molar-refractivity contribution in [1.82, 2.24) is 24.8 Å². The number of alkyl carbamates (subject to hydrolysis) is 1. The van der Waals surface area contributed by atoms with Gasteiger partial charge in [-0.2, -0.15) is 10.3 Å². The Hall–Kier alpha value is -3.55. The molecular formula is C38H65N9O9Si2. The van der Waals surface area contributed by atoms with E-state index >= 15 is 0 Å². The minimum Gasteiger partial charge on any atom is -0.444 e. The monoisotopic (exact) mass is 847 g/mol. The number of rotatable bonds is 14. The normalized spacial score (nSPS) is 27.2. The van der Waals surface area contributed by atoms with Gasteiger partial charge in [0.2, 0.25) is 5.91 Å². The number of carbonyl (C=O) groups is 2. The molecule has 3 aliphatic heterocycles. The van der Waals surface area contributed by atoms with Crippen LogP contribution in [0.3, 0.4) is 0 Å². The molecule has 8 atom stereocenters. The fraction of sp³-hybridized carbons (Fsp3) is 0.816. The van der Waals surface area contributed by atoms with E-state index in [1.54, 1.807) is 30.7 Å². The molecule has 58 heavy (non-hydrogen) atoms. The van der Waals surface area contributed by atoms with Gasteiger partial charge in [0, 0.05) is 49.4 Å². The Morgan fingerprint density at radius 2 is 1.64 bits per heavy atom. The van der Waals surface area contributed by atoms with E-state index in [1.165, 1.54) is 16.8 Å². The van der Waals surface area contributed by atoms with Crippen LogP contribution in [0.5, 0.6) is 0 Å². The van der Waals surface area contributed by atoms with Crippen LogP contribution in [0, 0.1) is 17.2 Å². The zero-order valence-corrected chi connectivity index (χ0v) is 38.5. The molecule has 0 aromatic carbocycles. The van der Waals surface area contributed by atoms with Crippen LogP contribution in [0.15, 0.2) is 27.0 Å². The first-order chi connectivity index (χ1) is 26.7. The number of carbonyl (C=O) groups excluding carboxylic acids is 2. The first-order valence-corrected chi connectivity index (χ1v) is 26.0. The van der Waals surface area contributed by atoms with Crippen molar-refractivity contribution in [3.8, 4) is 6.07 Å². The Bertz CT molecular complexity index is 1840. The first kappa shape index (κ1) is 47.1. The van der Waals surface area contributed by atoms with Gasteiger partial charge in [0.15, 0.2) is 22.9 Å². The smallest absolute Gasteiger partial charge is 0.407 e. The number of piperidine rings is 1. The molecule has 0 saturated carbocycles. The third-order valence-electron chi connectivity index (χ3n) is 12.1. The Morgan fingerprint density at radius 3 is 2.19 bits per heavy atom. The Labute approximate surface area is 343 Å². The van der Waals surface area contributed by atoms with Crippen LogP contribution in [0.25, 0.3) is 10.4 Å². The lowest BCUT2D eigenvalue weighted by molar-refractivity contribution is -0.202. The van der Waals surface area contributed by atoms with Gasteiger partial charge in [0.25, 0.3) is 5.56 Å². The Balaban J connectivity index is 1.86. The molecule has 1 aromatic rings. The number of hydrogen-bond acceptors (Lipinski definition) is 12. The largest absolute Gasteiger partial charge is 0.444 e. The molecule has 0 radical (unpaired) electrons. The van der Waals surface area contributed by atoms with E-state index in [9.17, 15) is 30.0 Å². The van der Waals surface area contributed by atoms with E-state index in [0.717, 1.165) is 0 Å². The zero-order chi connectivity index (χ0) is 43.6. The highest BCUT2D eigenvalue weighted by Gasteiger charge is 2.63. The standard InChI is InChI=1S/C38H65N9O9Si2/c1-36(2,3)53-35(51)41-18-15-20-47-25-22-24(23-42-44-40)45(19-14-17-39)32(49)27(25)28(54-47)29-30(55-57(10,11)37(4,5)6)31(56-58(12,13)38(7,8)9)33(52-29)46-21-16-26(48)43-34(46)50/h16,21,24-25,27-31,33H,14-15,18-20,22-23H2,1-13H3,(H,41,51)(H,43,48,50)/t24-,25-,27+,28+,29+,30+,31+,33+/m0/s1. The van der Waals surface area contributed by atoms with Crippen molar-refractivity contribution in [2.75, 3.05) is 26.2 Å². The van der Waals surface area contributed by atoms with Crippen molar-refractivity contribution < 1.29 is 32.8 Å². The molecule has 0 aliphatic carbocycles. The third kappa shape index (κ3) is 10.8. The molecule has 18 nitrogen and oxygen atoms in total. The fourth-order valence-corrected chi connectivity index (χ4v) is 9.70. The van der Waals surface area contributed by atoms with Gasteiger partial charge in [-0.05, 0) is 75.4 Å². The maximum atomic E-state index is 14.9. The predicted molar refractivity (Wildman–Crippen MR) is 221 cm³/mol. The summed E-state index contributed by atoms with van der Waals surface area (Å²) in [5.41, 5.74) is 7.32. The number of fused-ring (bicyclic) bond motifs is 1. The molecule has 4 heterocycles. The van der Waals surface area contributed by atoms with Gasteiger partial charge in [-0.15, -0.1) is 0 Å². The maximum absolute atomic E-state index is 14.9. The van der Waals surface area contributed by atoms with Crippen molar-refractivity contribution >= 4 is 28.6 Å². The number of nitrogens with one attached hydrogen (secondary N) is 2. The van der Waals surface area contributed by atoms with E-state index < -0.39 is 88.2 Å². The lowest BCUT2D eigenvalue weighted by atomic mass is 9.81. The van der Waals surface area contributed by atoms with E-state index in [2.05, 4.69) is 94.1 Å². The Morgan fingerprint density at radius 1 is 1.02 bits per heavy atom. The zero-order valence-electron chi connectivity index (χ0n) is 36.5. The number of hydrogen-bond donors (Lipinski definition) is 2. The average Bonchev–Trinajstić information content (AvgIpc) is 3.60. The summed E-state index contributed by atoms with van der Waals surface area (Å²) in [7, 11) is -5.29. The van der Waals surface area contributed by atoms with Gasteiger partial charge >= 0.3 is 11.8 Å². The maximum Gasteiger partial charge on any atom is 0.407 e. The number of ether oxygens (including phenoxy) is 2. The van der Waals surface area contributed by atoms with Gasteiger partial charge < -0.3 is 28.5 Å². The molecule has 3 fully saturated rings. The summed E-state index contributed by atoms with van der Waals surface area (Å²) >= 11 is 0. The van der Waals surface area contributed by atoms with E-state index in [1.807, 2.05) is 0 Å². The van der Waals surface area contributed by atoms with Crippen LogP contribution >= 0.6 is 0 Å². The number of nitriles is 1. The number of aromatic nitrogens is 2. The fourth-order valence-electron chi connectivity index (χ4n) is 7.11. The quantitative estimate of drug-likeness (QED) is 0.0775. The van der Waals surface area contributed by atoms with Crippen LogP contribution in [0.1, 0.15) is 87.8 Å². The number of azide groups is 1. The molecule has 3 aliphatic rings. The molecule has 0 spiro atoms. The molecule has 0 bridgehead atoms. The lowest BCUT2D eigenvalue weighted by Crippen LogP contribution is -2.60. The van der Waals surface area contributed by atoms with E-state index in [0.29, 0.717) is 19.4 Å². The highest BCUT2D eigenvalue weighted by molar-refractivity contribution is 6.74. The SMILES string of the molecule is CC(C)(C)OC(=O)NCCCN1O[C@@H]([C@H]2O[C@@H](n3ccc(=O)[nH]c3=O)[C@H](O[Si](C)(C)C(C)(C)C)[C@@H]2O[Si](C)(C)C(C)(C)C)[C@@H]2C(=O)N(CCC#N)[C@H](CN=[N+]=[N-])C[C@@H]21. The van der Waals surface area contributed by atoms with Gasteiger partial charge in [-0.25, -0.2) is 9.59 Å². The second kappa shape index (κ2) is 18.0. The molecule has 4 rings (SSSR count). The molecule has 0 unspecified atom stereocenters. The molecule has 20 heteroatoms. The Kier molecular flexibility index (Phi) is 14.6. The summed E-state index contributed by atoms with van der Waals surface area (Å²) in [6.07, 6.45) is -2.97.